The number of rotatable bonds is 5. The molecule has 0 saturated carbocycles. The Balaban J connectivity index is 2.13. The summed E-state index contributed by atoms with van der Waals surface area (Å²) in [4.78, 5) is 37.3. The second-order valence-electron chi connectivity index (χ2n) is 8.04. The van der Waals surface area contributed by atoms with Crippen LogP contribution in [-0.4, -0.2) is 41.4 Å². The van der Waals surface area contributed by atoms with E-state index in [0.717, 1.165) is 11.1 Å². The molecule has 1 aliphatic rings. The smallest absolute Gasteiger partial charge is 0.305 e. The summed E-state index contributed by atoms with van der Waals surface area (Å²) in [7, 11) is 1.72. The van der Waals surface area contributed by atoms with E-state index in [-0.39, 0.29) is 30.1 Å². The van der Waals surface area contributed by atoms with Gasteiger partial charge in [0, 0.05) is 25.9 Å². The maximum Gasteiger partial charge on any atom is 0.305 e. The van der Waals surface area contributed by atoms with Gasteiger partial charge in [-0.3, -0.25) is 14.4 Å². The number of carboxylic acid groups (broad SMARTS) is 1. The number of likely N-dealkylation sites (tertiary alicyclic amines) is 1. The standard InChI is InChI=1S/C20H28N2O4/c1-20(2,3)15-7-5-13(6-8-15)16(12-18(24)25)21-19(26)14-9-10-22(4)17(23)11-14/h5-8,14,16H,9-12H2,1-4H3,(H,21,26)(H,24,25). The van der Waals surface area contributed by atoms with Gasteiger partial charge in [-0.15, -0.1) is 0 Å². The van der Waals surface area contributed by atoms with Crippen LogP contribution in [-0.2, 0) is 19.8 Å². The molecule has 1 aromatic rings. The predicted molar refractivity (Wildman–Crippen MR) is 98.6 cm³/mol. The van der Waals surface area contributed by atoms with Crippen LogP contribution >= 0.6 is 0 Å². The normalized spacial score (nSPS) is 19.2. The van der Waals surface area contributed by atoms with Crippen molar-refractivity contribution in [2.45, 2.75) is 51.5 Å². The van der Waals surface area contributed by atoms with Gasteiger partial charge in [0.15, 0.2) is 0 Å². The topological polar surface area (TPSA) is 86.7 Å². The van der Waals surface area contributed by atoms with Crippen molar-refractivity contribution in [2.24, 2.45) is 5.92 Å². The van der Waals surface area contributed by atoms with Gasteiger partial charge in [0.25, 0.3) is 0 Å². The zero-order valence-electron chi connectivity index (χ0n) is 15.9. The molecule has 26 heavy (non-hydrogen) atoms. The summed E-state index contributed by atoms with van der Waals surface area (Å²) in [5.74, 6) is -1.68. The summed E-state index contributed by atoms with van der Waals surface area (Å²) < 4.78 is 0. The molecule has 0 radical (unpaired) electrons. The minimum Gasteiger partial charge on any atom is -0.481 e. The van der Waals surface area contributed by atoms with Gasteiger partial charge >= 0.3 is 5.97 Å². The fourth-order valence-corrected chi connectivity index (χ4v) is 3.10. The van der Waals surface area contributed by atoms with Crippen molar-refractivity contribution in [3.63, 3.8) is 0 Å². The predicted octanol–water partition coefficient (Wildman–Crippen LogP) is 2.48. The molecule has 1 saturated heterocycles. The van der Waals surface area contributed by atoms with Crippen molar-refractivity contribution >= 4 is 17.8 Å². The zero-order chi connectivity index (χ0) is 19.5. The number of amides is 2. The molecule has 2 atom stereocenters. The maximum atomic E-state index is 12.6. The van der Waals surface area contributed by atoms with Gasteiger partial charge in [-0.1, -0.05) is 45.0 Å². The summed E-state index contributed by atoms with van der Waals surface area (Å²) in [5.41, 5.74) is 1.90. The average Bonchev–Trinajstić information content (AvgIpc) is 2.55. The summed E-state index contributed by atoms with van der Waals surface area (Å²) in [6.07, 6.45) is 0.573. The van der Waals surface area contributed by atoms with Crippen LogP contribution in [0.5, 0.6) is 0 Å². The first-order chi connectivity index (χ1) is 12.1. The Labute approximate surface area is 154 Å². The molecule has 2 N–H and O–H groups in total. The van der Waals surface area contributed by atoms with E-state index in [9.17, 15) is 19.5 Å². The fourth-order valence-electron chi connectivity index (χ4n) is 3.10. The lowest BCUT2D eigenvalue weighted by molar-refractivity contribution is -0.140. The van der Waals surface area contributed by atoms with Gasteiger partial charge < -0.3 is 15.3 Å². The molecule has 6 nitrogen and oxygen atoms in total. The van der Waals surface area contributed by atoms with Crippen molar-refractivity contribution in [3.05, 3.63) is 35.4 Å². The summed E-state index contributed by atoms with van der Waals surface area (Å²) in [6.45, 7) is 6.86. The highest BCUT2D eigenvalue weighted by Gasteiger charge is 2.30. The van der Waals surface area contributed by atoms with E-state index in [4.69, 9.17) is 0 Å². The van der Waals surface area contributed by atoms with Gasteiger partial charge in [0.1, 0.15) is 0 Å². The maximum absolute atomic E-state index is 12.6. The Morgan fingerprint density at radius 2 is 1.88 bits per heavy atom. The molecule has 0 aliphatic carbocycles. The first-order valence-corrected chi connectivity index (χ1v) is 8.94. The molecular formula is C20H28N2O4. The number of carboxylic acids is 1. The molecule has 2 rings (SSSR count). The molecule has 1 fully saturated rings. The third-order valence-corrected chi connectivity index (χ3v) is 4.90. The number of carbonyl (C=O) groups excluding carboxylic acids is 2. The molecule has 0 bridgehead atoms. The third kappa shape index (κ3) is 5.07. The Morgan fingerprint density at radius 3 is 2.38 bits per heavy atom. The van der Waals surface area contributed by atoms with Gasteiger partial charge in [-0.2, -0.15) is 0 Å². The van der Waals surface area contributed by atoms with E-state index in [2.05, 4.69) is 26.1 Å². The van der Waals surface area contributed by atoms with Gasteiger partial charge in [-0.05, 0) is 23.0 Å². The summed E-state index contributed by atoms with van der Waals surface area (Å²) in [5, 5.41) is 12.1. The van der Waals surface area contributed by atoms with Crippen LogP contribution in [0.4, 0.5) is 0 Å². The number of hydrogen-bond acceptors (Lipinski definition) is 3. The summed E-state index contributed by atoms with van der Waals surface area (Å²) >= 11 is 0. The first kappa shape index (κ1) is 19.9. The fraction of sp³-hybridized carbons (Fsp3) is 0.550. The molecule has 142 valence electrons. The van der Waals surface area contributed by atoms with Crippen LogP contribution in [0, 0.1) is 5.92 Å². The van der Waals surface area contributed by atoms with E-state index in [1.165, 1.54) is 0 Å². The second kappa shape index (κ2) is 7.89. The summed E-state index contributed by atoms with van der Waals surface area (Å²) in [6, 6.07) is 7.07. The van der Waals surface area contributed by atoms with E-state index in [1.807, 2.05) is 24.3 Å². The van der Waals surface area contributed by atoms with Crippen molar-refractivity contribution < 1.29 is 19.5 Å². The highest BCUT2D eigenvalue weighted by atomic mass is 16.4. The number of aliphatic carboxylic acids is 1. The minimum absolute atomic E-state index is 0.00143. The van der Waals surface area contributed by atoms with Crippen molar-refractivity contribution in [1.82, 2.24) is 10.2 Å². The quantitative estimate of drug-likeness (QED) is 0.845. The highest BCUT2D eigenvalue weighted by molar-refractivity contribution is 5.87. The lowest BCUT2D eigenvalue weighted by Crippen LogP contribution is -2.43. The molecular weight excluding hydrogens is 332 g/mol. The molecule has 2 unspecified atom stereocenters. The lowest BCUT2D eigenvalue weighted by Gasteiger charge is -2.29. The van der Waals surface area contributed by atoms with Crippen molar-refractivity contribution in [3.8, 4) is 0 Å². The Hall–Kier alpha value is -2.37. The van der Waals surface area contributed by atoms with Crippen molar-refractivity contribution in [2.75, 3.05) is 13.6 Å². The third-order valence-electron chi connectivity index (χ3n) is 4.90. The molecule has 0 aromatic heterocycles. The van der Waals surface area contributed by atoms with E-state index >= 15 is 0 Å². The van der Waals surface area contributed by atoms with Gasteiger partial charge in [0.2, 0.25) is 11.8 Å². The van der Waals surface area contributed by atoms with Crippen LogP contribution in [0.2, 0.25) is 0 Å². The molecule has 2 amide bonds. The van der Waals surface area contributed by atoms with Crippen LogP contribution in [0.1, 0.15) is 57.2 Å². The van der Waals surface area contributed by atoms with Crippen LogP contribution in [0.3, 0.4) is 0 Å². The number of benzene rings is 1. The van der Waals surface area contributed by atoms with Gasteiger partial charge in [-0.25, -0.2) is 0 Å². The Bertz CT molecular complexity index is 676. The van der Waals surface area contributed by atoms with E-state index in [0.29, 0.717) is 13.0 Å². The average molecular weight is 360 g/mol. The molecule has 1 heterocycles. The van der Waals surface area contributed by atoms with Crippen LogP contribution in [0.25, 0.3) is 0 Å². The Morgan fingerprint density at radius 1 is 1.27 bits per heavy atom. The zero-order valence-corrected chi connectivity index (χ0v) is 15.9. The molecule has 0 spiro atoms. The van der Waals surface area contributed by atoms with Crippen LogP contribution < -0.4 is 5.32 Å². The van der Waals surface area contributed by atoms with E-state index in [1.54, 1.807) is 11.9 Å². The number of nitrogens with one attached hydrogen (secondary N) is 1. The molecule has 1 aliphatic heterocycles. The number of piperidine rings is 1. The number of carbonyl (C=O) groups is 3. The van der Waals surface area contributed by atoms with Gasteiger partial charge in [0.05, 0.1) is 12.5 Å². The largest absolute Gasteiger partial charge is 0.481 e. The SMILES string of the molecule is CN1CCC(C(=O)NC(CC(=O)O)c2ccc(C(C)(C)C)cc2)CC1=O. The van der Waals surface area contributed by atoms with E-state index < -0.39 is 17.9 Å². The number of nitrogens with zero attached hydrogens (tertiary/aromatic N) is 1. The first-order valence-electron chi connectivity index (χ1n) is 8.94. The Kier molecular flexibility index (Phi) is 6.05. The highest BCUT2D eigenvalue weighted by Crippen LogP contribution is 2.26. The lowest BCUT2D eigenvalue weighted by atomic mass is 9.86. The monoisotopic (exact) mass is 360 g/mol. The molecule has 6 heteroatoms. The van der Waals surface area contributed by atoms with Crippen LogP contribution in [0.15, 0.2) is 24.3 Å². The second-order valence-corrected chi connectivity index (χ2v) is 8.04. The minimum atomic E-state index is -0.977. The number of hydrogen-bond donors (Lipinski definition) is 2. The van der Waals surface area contributed by atoms with Crippen molar-refractivity contribution in [1.29, 1.82) is 0 Å². The molecule has 1 aromatic carbocycles.